The topological polar surface area (TPSA) is 104 Å². The minimum Gasteiger partial charge on any atom is -0.446 e. The number of ether oxygens (including phenoxy) is 2. The van der Waals surface area contributed by atoms with Crippen LogP contribution >= 0.6 is 0 Å². The largest absolute Gasteiger partial charge is 0.446 e. The number of nitrogens with zero attached hydrogens (tertiary/aromatic N) is 3. The van der Waals surface area contributed by atoms with E-state index >= 15 is 0 Å². The Kier molecular flexibility index (Phi) is 7.15. The molecule has 0 spiro atoms. The second-order valence-electron chi connectivity index (χ2n) is 9.51. The fourth-order valence-electron chi connectivity index (χ4n) is 3.98. The molecule has 0 bridgehead atoms. The zero-order valence-corrected chi connectivity index (χ0v) is 21.6. The van der Waals surface area contributed by atoms with E-state index in [2.05, 4.69) is 33.7 Å². The summed E-state index contributed by atoms with van der Waals surface area (Å²) in [6, 6.07) is 13.6. The Morgan fingerprint density at radius 3 is 2.33 bits per heavy atom. The summed E-state index contributed by atoms with van der Waals surface area (Å²) < 4.78 is 13.6. The number of fused-ring (bicyclic) bond motifs is 1. The zero-order chi connectivity index (χ0) is 26.0. The first kappa shape index (κ1) is 25.0. The number of benzene rings is 2. The van der Waals surface area contributed by atoms with Crippen molar-refractivity contribution in [1.82, 2.24) is 14.5 Å². The predicted molar refractivity (Wildman–Crippen MR) is 143 cm³/mol. The summed E-state index contributed by atoms with van der Waals surface area (Å²) in [6.45, 7) is 12.0. The molecule has 1 atom stereocenters. The third-order valence-corrected chi connectivity index (χ3v) is 6.22. The molecule has 2 aromatic carbocycles. The number of nitrogens with one attached hydrogen (secondary N) is 1. The van der Waals surface area contributed by atoms with Gasteiger partial charge in [-0.2, -0.15) is 0 Å². The van der Waals surface area contributed by atoms with Gasteiger partial charge in [0, 0.05) is 41.1 Å². The summed E-state index contributed by atoms with van der Waals surface area (Å²) in [4.78, 5) is 20.7. The Labute approximate surface area is 211 Å². The van der Waals surface area contributed by atoms with Crippen LogP contribution in [0, 0.1) is 12.8 Å². The van der Waals surface area contributed by atoms with E-state index in [0.717, 1.165) is 22.2 Å². The molecule has 2 aromatic heterocycles. The second-order valence-corrected chi connectivity index (χ2v) is 9.51. The van der Waals surface area contributed by atoms with Gasteiger partial charge >= 0.3 is 6.09 Å². The van der Waals surface area contributed by atoms with Crippen molar-refractivity contribution in [1.29, 1.82) is 0 Å². The van der Waals surface area contributed by atoms with Crippen LogP contribution < -0.4 is 15.8 Å². The highest BCUT2D eigenvalue weighted by atomic mass is 16.6. The molecule has 0 saturated heterocycles. The minimum absolute atomic E-state index is 0.138. The molecule has 3 N–H and O–H groups in total. The third kappa shape index (κ3) is 5.12. The minimum atomic E-state index is -0.467. The van der Waals surface area contributed by atoms with Gasteiger partial charge in [-0.1, -0.05) is 26.0 Å². The number of carbonyl (C=O) groups excluding carboxylic acids is 1. The maximum atomic E-state index is 12.2. The Hall–Kier alpha value is -4.07. The van der Waals surface area contributed by atoms with Crippen molar-refractivity contribution in [2.45, 2.75) is 53.7 Å². The second kappa shape index (κ2) is 10.3. The first-order valence-electron chi connectivity index (χ1n) is 12.1. The van der Waals surface area contributed by atoms with Crippen LogP contribution in [0.4, 0.5) is 16.2 Å². The van der Waals surface area contributed by atoms with Crippen molar-refractivity contribution in [2.75, 3.05) is 11.1 Å². The van der Waals surface area contributed by atoms with Gasteiger partial charge in [-0.05, 0) is 57.9 Å². The van der Waals surface area contributed by atoms with Crippen LogP contribution in [0.2, 0.25) is 0 Å². The van der Waals surface area contributed by atoms with Gasteiger partial charge in [0.25, 0.3) is 0 Å². The number of aromatic nitrogens is 3. The van der Waals surface area contributed by atoms with Crippen molar-refractivity contribution in [3.63, 3.8) is 0 Å². The molecule has 36 heavy (non-hydrogen) atoms. The first-order chi connectivity index (χ1) is 17.2. The molecule has 4 aromatic rings. The summed E-state index contributed by atoms with van der Waals surface area (Å²) in [5.74, 6) is 1.37. The average Bonchev–Trinajstić information content (AvgIpc) is 3.13. The number of nitrogens with two attached hydrogens (primary N) is 1. The van der Waals surface area contributed by atoms with Gasteiger partial charge < -0.3 is 19.8 Å². The van der Waals surface area contributed by atoms with Crippen LogP contribution in [0.15, 0.2) is 54.9 Å². The van der Waals surface area contributed by atoms with Crippen LogP contribution in [0.3, 0.4) is 0 Å². The van der Waals surface area contributed by atoms with E-state index in [1.54, 1.807) is 12.4 Å². The molecule has 0 unspecified atom stereocenters. The number of hydrogen-bond donors (Lipinski definition) is 2. The molecular weight excluding hydrogens is 454 g/mol. The van der Waals surface area contributed by atoms with Gasteiger partial charge in [-0.3, -0.25) is 10.3 Å². The van der Waals surface area contributed by atoms with Crippen LogP contribution in [0.5, 0.6) is 11.6 Å². The highest BCUT2D eigenvalue weighted by Crippen LogP contribution is 2.40. The Morgan fingerprint density at radius 2 is 1.69 bits per heavy atom. The summed E-state index contributed by atoms with van der Waals surface area (Å²) in [7, 11) is 0. The van der Waals surface area contributed by atoms with E-state index in [1.165, 1.54) is 0 Å². The average molecular weight is 488 g/mol. The smallest absolute Gasteiger partial charge is 0.411 e. The molecule has 0 aliphatic heterocycles. The Morgan fingerprint density at radius 1 is 1.00 bits per heavy atom. The molecule has 8 heteroatoms. The van der Waals surface area contributed by atoms with Crippen LogP contribution in [0.1, 0.15) is 46.4 Å². The maximum Gasteiger partial charge on any atom is 0.411 e. The Balaban J connectivity index is 1.66. The molecule has 4 rings (SSSR count). The summed E-state index contributed by atoms with van der Waals surface area (Å²) in [5.41, 5.74) is 11.5. The lowest BCUT2D eigenvalue weighted by Crippen LogP contribution is -2.23. The lowest BCUT2D eigenvalue weighted by atomic mass is 10.1. The normalized spacial score (nSPS) is 12.2. The lowest BCUT2D eigenvalue weighted by molar-refractivity contribution is 0.0940. The highest BCUT2D eigenvalue weighted by molar-refractivity contribution is 6.01. The van der Waals surface area contributed by atoms with Crippen molar-refractivity contribution < 1.29 is 14.3 Å². The van der Waals surface area contributed by atoms with Gasteiger partial charge in [0.15, 0.2) is 0 Å². The third-order valence-electron chi connectivity index (χ3n) is 6.22. The van der Waals surface area contributed by atoms with E-state index in [9.17, 15) is 4.79 Å². The number of nitrogen functional groups attached to an aromatic ring is 1. The van der Waals surface area contributed by atoms with Crippen LogP contribution in [0.25, 0.3) is 22.2 Å². The van der Waals surface area contributed by atoms with Gasteiger partial charge in [0.1, 0.15) is 11.9 Å². The number of rotatable bonds is 7. The first-order valence-corrected chi connectivity index (χ1v) is 12.1. The summed E-state index contributed by atoms with van der Waals surface area (Å²) in [5, 5.41) is 3.73. The molecule has 1 amide bonds. The molecule has 2 heterocycles. The van der Waals surface area contributed by atoms with Gasteiger partial charge in [-0.25, -0.2) is 9.78 Å². The zero-order valence-electron chi connectivity index (χ0n) is 21.6. The van der Waals surface area contributed by atoms with Crippen molar-refractivity contribution >= 4 is 28.4 Å². The van der Waals surface area contributed by atoms with E-state index in [4.69, 9.17) is 15.2 Å². The van der Waals surface area contributed by atoms with E-state index < -0.39 is 6.09 Å². The molecule has 0 aliphatic carbocycles. The standard InChI is InChI=1S/C28H33N5O3/c1-16(2)19(6)35-28(34)32-21-9-7-20(8-10-21)26-25(29)23-12-11-22(15-24(23)33(26)17(3)4)36-27-18(5)30-13-14-31-27/h7-17,19H,29H2,1-6H3,(H,32,34)/t19-/m1/s1. The summed E-state index contributed by atoms with van der Waals surface area (Å²) in [6.07, 6.45) is 2.61. The molecule has 188 valence electrons. The predicted octanol–water partition coefficient (Wildman–Crippen LogP) is 6.96. The molecule has 0 aliphatic rings. The Bertz CT molecular complexity index is 1380. The molecule has 0 saturated carbocycles. The van der Waals surface area contributed by atoms with Gasteiger partial charge in [0.2, 0.25) is 5.88 Å². The van der Waals surface area contributed by atoms with E-state index in [0.29, 0.717) is 28.7 Å². The number of carbonyl (C=O) groups is 1. The molecule has 8 nitrogen and oxygen atoms in total. The van der Waals surface area contributed by atoms with E-state index in [-0.39, 0.29) is 18.1 Å². The molecule has 0 fully saturated rings. The summed E-state index contributed by atoms with van der Waals surface area (Å²) >= 11 is 0. The van der Waals surface area contributed by atoms with Crippen LogP contribution in [-0.4, -0.2) is 26.7 Å². The molecular formula is C28H33N5O3. The van der Waals surface area contributed by atoms with E-state index in [1.807, 2.05) is 70.2 Å². The monoisotopic (exact) mass is 487 g/mol. The fraction of sp³-hybridized carbons (Fsp3) is 0.321. The van der Waals surface area contributed by atoms with Gasteiger partial charge in [-0.15, -0.1) is 0 Å². The number of aryl methyl sites for hydroxylation is 1. The number of amides is 1. The molecule has 0 radical (unpaired) electrons. The number of anilines is 2. The van der Waals surface area contributed by atoms with Crippen molar-refractivity contribution in [3.05, 3.63) is 60.6 Å². The van der Waals surface area contributed by atoms with Crippen molar-refractivity contribution in [3.8, 4) is 22.9 Å². The van der Waals surface area contributed by atoms with Gasteiger partial charge in [0.05, 0.1) is 22.6 Å². The van der Waals surface area contributed by atoms with Crippen LogP contribution in [-0.2, 0) is 4.74 Å². The lowest BCUT2D eigenvalue weighted by Gasteiger charge is -2.17. The van der Waals surface area contributed by atoms with Crippen molar-refractivity contribution in [2.24, 2.45) is 5.92 Å². The SMILES string of the molecule is Cc1nccnc1Oc1ccc2c(N)c(-c3ccc(NC(=O)O[C@H](C)C(C)C)cc3)n(C(C)C)c2c1. The number of hydrogen-bond acceptors (Lipinski definition) is 6. The highest BCUT2D eigenvalue weighted by Gasteiger charge is 2.20. The quantitative estimate of drug-likeness (QED) is 0.292. The maximum absolute atomic E-state index is 12.2. The fourth-order valence-corrected chi connectivity index (χ4v) is 3.98.